The highest BCUT2D eigenvalue weighted by Crippen LogP contribution is 2.16. The smallest absolute Gasteiger partial charge is 0.229 e. The van der Waals surface area contributed by atoms with Gasteiger partial charge >= 0.3 is 0 Å². The molecule has 8 heteroatoms. The highest BCUT2D eigenvalue weighted by molar-refractivity contribution is 7.92. The molecule has 1 atom stereocenters. The number of benzene rings is 1. The average molecular weight is 320 g/mol. The number of nitrogens with one attached hydrogen (secondary N) is 3. The zero-order valence-corrected chi connectivity index (χ0v) is 12.7. The molecule has 1 aromatic carbocycles. The summed E-state index contributed by atoms with van der Waals surface area (Å²) in [7, 11) is -3.27. The fraction of sp³-hybridized carbons (Fsp3) is 0.417. The molecule has 20 heavy (non-hydrogen) atoms. The average Bonchev–Trinajstić information content (AvgIpc) is 2.83. The normalized spacial score (nSPS) is 18.1. The minimum Gasteiger partial charge on any atom is -0.326 e. The fourth-order valence-electron chi connectivity index (χ4n) is 1.96. The number of rotatable bonds is 4. The Bertz CT molecular complexity index is 554. The van der Waals surface area contributed by atoms with Crippen molar-refractivity contribution >= 4 is 39.7 Å². The van der Waals surface area contributed by atoms with E-state index < -0.39 is 10.0 Å². The van der Waals surface area contributed by atoms with Crippen LogP contribution in [0.5, 0.6) is 0 Å². The molecule has 1 aliphatic rings. The second-order valence-electron chi connectivity index (χ2n) is 4.63. The number of anilines is 2. The monoisotopic (exact) mass is 319 g/mol. The number of amides is 1. The van der Waals surface area contributed by atoms with Gasteiger partial charge < -0.3 is 10.6 Å². The summed E-state index contributed by atoms with van der Waals surface area (Å²) in [6.07, 6.45) is 1.94. The molecular weight excluding hydrogens is 302 g/mol. The third-order valence-corrected chi connectivity index (χ3v) is 3.49. The van der Waals surface area contributed by atoms with Crippen molar-refractivity contribution in [1.82, 2.24) is 5.32 Å². The zero-order chi connectivity index (χ0) is 13.9. The van der Waals surface area contributed by atoms with E-state index in [1.54, 1.807) is 24.3 Å². The van der Waals surface area contributed by atoms with Gasteiger partial charge in [0.2, 0.25) is 15.9 Å². The molecule has 6 nitrogen and oxygen atoms in total. The van der Waals surface area contributed by atoms with Gasteiger partial charge in [-0.3, -0.25) is 9.52 Å². The van der Waals surface area contributed by atoms with Crippen LogP contribution in [-0.2, 0) is 14.8 Å². The van der Waals surface area contributed by atoms with Crippen LogP contribution in [-0.4, -0.2) is 33.7 Å². The molecular formula is C12H18ClN3O3S. The maximum absolute atomic E-state index is 11.9. The van der Waals surface area contributed by atoms with Gasteiger partial charge in [0.15, 0.2) is 0 Å². The van der Waals surface area contributed by atoms with E-state index in [9.17, 15) is 13.2 Å². The van der Waals surface area contributed by atoms with E-state index >= 15 is 0 Å². The van der Waals surface area contributed by atoms with Crippen molar-refractivity contribution < 1.29 is 13.2 Å². The molecule has 0 radical (unpaired) electrons. The SMILES string of the molecule is CS(=O)(=O)Nc1ccc(NC(=O)C2CCNC2)cc1.Cl. The Hall–Kier alpha value is -1.31. The van der Waals surface area contributed by atoms with Crippen LogP contribution in [0.4, 0.5) is 11.4 Å². The van der Waals surface area contributed by atoms with E-state index in [-0.39, 0.29) is 24.2 Å². The number of sulfonamides is 1. The van der Waals surface area contributed by atoms with E-state index in [1.165, 1.54) is 0 Å². The predicted octanol–water partition coefficient (Wildman–Crippen LogP) is 1.03. The van der Waals surface area contributed by atoms with Gasteiger partial charge in [-0.15, -0.1) is 12.4 Å². The van der Waals surface area contributed by atoms with E-state index in [0.717, 1.165) is 19.2 Å². The van der Waals surface area contributed by atoms with Crippen LogP contribution in [0.25, 0.3) is 0 Å². The van der Waals surface area contributed by atoms with Gasteiger partial charge in [0.05, 0.1) is 12.2 Å². The van der Waals surface area contributed by atoms with E-state index in [0.29, 0.717) is 17.9 Å². The molecule has 112 valence electrons. The maximum Gasteiger partial charge on any atom is 0.229 e. The quantitative estimate of drug-likeness (QED) is 0.773. The number of carbonyl (C=O) groups is 1. The van der Waals surface area contributed by atoms with Crippen LogP contribution < -0.4 is 15.4 Å². The summed E-state index contributed by atoms with van der Waals surface area (Å²) in [5.74, 6) is 0.00245. The number of hydrogen-bond donors (Lipinski definition) is 3. The first kappa shape index (κ1) is 16.7. The Morgan fingerprint density at radius 3 is 2.35 bits per heavy atom. The summed E-state index contributed by atoms with van der Waals surface area (Å²) < 4.78 is 24.5. The Kier molecular flexibility index (Phi) is 5.79. The molecule has 0 bridgehead atoms. The topological polar surface area (TPSA) is 87.3 Å². The highest BCUT2D eigenvalue weighted by Gasteiger charge is 2.22. The van der Waals surface area contributed by atoms with Gasteiger partial charge in [-0.2, -0.15) is 0 Å². The first-order valence-corrected chi connectivity index (χ1v) is 7.92. The summed E-state index contributed by atoms with van der Waals surface area (Å²) >= 11 is 0. The standard InChI is InChI=1S/C12H17N3O3S.ClH/c1-19(17,18)15-11-4-2-10(3-5-11)14-12(16)9-6-7-13-8-9;/h2-5,9,13,15H,6-8H2,1H3,(H,14,16);1H. The maximum atomic E-state index is 11.9. The Labute approximate surface area is 124 Å². The lowest BCUT2D eigenvalue weighted by Gasteiger charge is -2.10. The van der Waals surface area contributed by atoms with E-state index in [2.05, 4.69) is 15.4 Å². The summed E-state index contributed by atoms with van der Waals surface area (Å²) in [6, 6.07) is 6.58. The van der Waals surface area contributed by atoms with Gasteiger partial charge in [0, 0.05) is 17.9 Å². The molecule has 1 aromatic rings. The molecule has 1 amide bonds. The molecule has 0 aliphatic carbocycles. The second-order valence-corrected chi connectivity index (χ2v) is 6.38. The number of carbonyl (C=O) groups excluding carboxylic acids is 1. The van der Waals surface area contributed by atoms with Crippen LogP contribution in [0.15, 0.2) is 24.3 Å². The van der Waals surface area contributed by atoms with E-state index in [1.807, 2.05) is 0 Å². The molecule has 0 spiro atoms. The van der Waals surface area contributed by atoms with Crippen molar-refractivity contribution in [2.24, 2.45) is 5.92 Å². The number of halogens is 1. The molecule has 1 unspecified atom stereocenters. The third kappa shape index (κ3) is 4.99. The van der Waals surface area contributed by atoms with Gasteiger partial charge in [0.25, 0.3) is 0 Å². The molecule has 1 fully saturated rings. The summed E-state index contributed by atoms with van der Waals surface area (Å²) in [4.78, 5) is 11.9. The Morgan fingerprint density at radius 2 is 1.85 bits per heavy atom. The van der Waals surface area contributed by atoms with Crippen molar-refractivity contribution in [3.8, 4) is 0 Å². The molecule has 1 saturated heterocycles. The van der Waals surface area contributed by atoms with Crippen LogP contribution in [0.3, 0.4) is 0 Å². The van der Waals surface area contributed by atoms with Crippen LogP contribution in [0.1, 0.15) is 6.42 Å². The van der Waals surface area contributed by atoms with Crippen molar-refractivity contribution in [3.05, 3.63) is 24.3 Å². The molecule has 0 aromatic heterocycles. The van der Waals surface area contributed by atoms with Crippen LogP contribution in [0.2, 0.25) is 0 Å². The van der Waals surface area contributed by atoms with Crippen LogP contribution >= 0.6 is 12.4 Å². The van der Waals surface area contributed by atoms with Gasteiger partial charge in [-0.05, 0) is 37.2 Å². The predicted molar refractivity (Wildman–Crippen MR) is 81.8 cm³/mol. The lowest BCUT2D eigenvalue weighted by Crippen LogP contribution is -2.24. The summed E-state index contributed by atoms with van der Waals surface area (Å²) in [5.41, 5.74) is 1.14. The first-order valence-electron chi connectivity index (χ1n) is 6.03. The van der Waals surface area contributed by atoms with Crippen molar-refractivity contribution in [1.29, 1.82) is 0 Å². The van der Waals surface area contributed by atoms with Gasteiger partial charge in [0.1, 0.15) is 0 Å². The lowest BCUT2D eigenvalue weighted by molar-refractivity contribution is -0.119. The van der Waals surface area contributed by atoms with Gasteiger partial charge in [-0.25, -0.2) is 8.42 Å². The van der Waals surface area contributed by atoms with Crippen LogP contribution in [0, 0.1) is 5.92 Å². The minimum atomic E-state index is -3.27. The highest BCUT2D eigenvalue weighted by atomic mass is 35.5. The Morgan fingerprint density at radius 1 is 1.25 bits per heavy atom. The van der Waals surface area contributed by atoms with Crippen molar-refractivity contribution in [2.45, 2.75) is 6.42 Å². The molecule has 2 rings (SSSR count). The first-order chi connectivity index (χ1) is 8.94. The number of hydrogen-bond acceptors (Lipinski definition) is 4. The molecule has 1 heterocycles. The third-order valence-electron chi connectivity index (χ3n) is 2.89. The summed E-state index contributed by atoms with van der Waals surface area (Å²) in [6.45, 7) is 1.58. The summed E-state index contributed by atoms with van der Waals surface area (Å²) in [5, 5.41) is 5.95. The fourth-order valence-corrected chi connectivity index (χ4v) is 2.52. The molecule has 1 aliphatic heterocycles. The zero-order valence-electron chi connectivity index (χ0n) is 11.0. The lowest BCUT2D eigenvalue weighted by atomic mass is 10.1. The largest absolute Gasteiger partial charge is 0.326 e. The van der Waals surface area contributed by atoms with Crippen molar-refractivity contribution in [3.63, 3.8) is 0 Å². The Balaban J connectivity index is 0.00000200. The molecule has 3 N–H and O–H groups in total. The van der Waals surface area contributed by atoms with E-state index in [4.69, 9.17) is 0 Å². The minimum absolute atomic E-state index is 0. The van der Waals surface area contributed by atoms with Crippen molar-refractivity contribution in [2.75, 3.05) is 29.4 Å². The second kappa shape index (κ2) is 6.92. The molecule has 0 saturated carbocycles. The van der Waals surface area contributed by atoms with Gasteiger partial charge in [-0.1, -0.05) is 0 Å².